The third-order valence-electron chi connectivity index (χ3n) is 2.30. The third kappa shape index (κ3) is 5.01. The van der Waals surface area contributed by atoms with E-state index in [2.05, 4.69) is 10.0 Å². The Balaban J connectivity index is 2.70. The number of halogens is 1. The molecule has 19 heavy (non-hydrogen) atoms. The highest BCUT2D eigenvalue weighted by molar-refractivity contribution is 7.88. The lowest BCUT2D eigenvalue weighted by Gasteiger charge is -2.10. The lowest BCUT2D eigenvalue weighted by molar-refractivity contribution is -0.384. The third-order valence-corrected chi connectivity index (χ3v) is 3.33. The molecule has 0 amide bonds. The van der Waals surface area contributed by atoms with Gasteiger partial charge in [-0.3, -0.25) is 10.1 Å². The highest BCUT2D eigenvalue weighted by Gasteiger charge is 2.14. The molecular weight excluding hydrogens is 294 g/mol. The second-order valence-electron chi connectivity index (χ2n) is 3.97. The van der Waals surface area contributed by atoms with E-state index >= 15 is 0 Å². The van der Waals surface area contributed by atoms with Crippen molar-refractivity contribution in [1.82, 2.24) is 4.72 Å². The largest absolute Gasteiger partial charge is 0.383 e. The minimum Gasteiger partial charge on any atom is -0.383 e. The molecule has 0 aromatic heterocycles. The first-order valence-corrected chi connectivity index (χ1v) is 7.60. The molecule has 0 aliphatic heterocycles. The average Bonchev–Trinajstić information content (AvgIpc) is 2.26. The van der Waals surface area contributed by atoms with Gasteiger partial charge in [-0.1, -0.05) is 11.6 Å². The summed E-state index contributed by atoms with van der Waals surface area (Å²) in [5.74, 6) is 0. The van der Waals surface area contributed by atoms with Gasteiger partial charge in [-0.15, -0.1) is 0 Å². The maximum Gasteiger partial charge on any atom is 0.288 e. The molecule has 0 bridgehead atoms. The van der Waals surface area contributed by atoms with Gasteiger partial charge in [0.25, 0.3) is 5.69 Å². The Morgan fingerprint density at radius 2 is 2.00 bits per heavy atom. The van der Waals surface area contributed by atoms with Crippen molar-refractivity contribution in [3.63, 3.8) is 0 Å². The number of sulfonamides is 1. The van der Waals surface area contributed by atoms with Gasteiger partial charge in [0, 0.05) is 24.8 Å². The van der Waals surface area contributed by atoms with E-state index in [4.69, 9.17) is 11.6 Å². The summed E-state index contributed by atoms with van der Waals surface area (Å²) in [5, 5.41) is 13.7. The zero-order valence-corrected chi connectivity index (χ0v) is 12.0. The highest BCUT2D eigenvalue weighted by Crippen LogP contribution is 2.30. The number of nitro groups is 1. The van der Waals surface area contributed by atoms with Gasteiger partial charge in [-0.25, -0.2) is 13.1 Å². The first-order valence-electron chi connectivity index (χ1n) is 5.34. The predicted octanol–water partition coefficient (Wildman–Crippen LogP) is 1.52. The molecule has 0 aliphatic rings. The summed E-state index contributed by atoms with van der Waals surface area (Å²) in [7, 11) is -3.22. The van der Waals surface area contributed by atoms with Crippen LogP contribution in [-0.4, -0.2) is 32.7 Å². The van der Waals surface area contributed by atoms with E-state index in [1.807, 2.05) is 0 Å². The van der Waals surface area contributed by atoms with Gasteiger partial charge in [0.1, 0.15) is 5.02 Å². The van der Waals surface area contributed by atoms with Crippen LogP contribution in [0.2, 0.25) is 5.02 Å². The van der Waals surface area contributed by atoms with Crippen molar-refractivity contribution in [2.24, 2.45) is 0 Å². The van der Waals surface area contributed by atoms with Crippen LogP contribution in [0.4, 0.5) is 11.4 Å². The first kappa shape index (κ1) is 15.7. The maximum atomic E-state index is 10.8. The van der Waals surface area contributed by atoms with Crippen molar-refractivity contribution in [2.45, 2.75) is 6.92 Å². The van der Waals surface area contributed by atoms with E-state index in [1.54, 1.807) is 6.92 Å². The molecule has 0 atom stereocenters. The summed E-state index contributed by atoms with van der Waals surface area (Å²) < 4.78 is 24.0. The van der Waals surface area contributed by atoms with Gasteiger partial charge in [0.15, 0.2) is 0 Å². The molecule has 1 aromatic rings. The Bertz CT molecular complexity index is 589. The summed E-state index contributed by atoms with van der Waals surface area (Å²) in [5.41, 5.74) is 1.14. The fourth-order valence-electron chi connectivity index (χ4n) is 1.43. The lowest BCUT2D eigenvalue weighted by Crippen LogP contribution is -2.27. The number of anilines is 1. The Hall–Kier alpha value is -1.38. The number of hydrogen-bond donors (Lipinski definition) is 2. The van der Waals surface area contributed by atoms with E-state index in [0.29, 0.717) is 17.8 Å². The number of rotatable bonds is 6. The Labute approximate surface area is 116 Å². The van der Waals surface area contributed by atoms with E-state index < -0.39 is 14.9 Å². The standard InChI is InChI=1S/C10H14ClN3O4S/c1-7-5-10(14(15)16)8(11)6-9(7)12-3-4-13-19(2,17)18/h5-6,12-13H,3-4H2,1-2H3. The van der Waals surface area contributed by atoms with Gasteiger partial charge in [0.05, 0.1) is 11.2 Å². The molecule has 0 unspecified atom stereocenters. The van der Waals surface area contributed by atoms with Gasteiger partial charge >= 0.3 is 0 Å². The smallest absolute Gasteiger partial charge is 0.288 e. The van der Waals surface area contributed by atoms with Crippen LogP contribution < -0.4 is 10.0 Å². The second kappa shape index (κ2) is 6.18. The van der Waals surface area contributed by atoms with E-state index in [1.165, 1.54) is 12.1 Å². The lowest BCUT2D eigenvalue weighted by atomic mass is 10.2. The number of nitrogens with zero attached hydrogens (tertiary/aromatic N) is 1. The van der Waals surface area contributed by atoms with Crippen molar-refractivity contribution in [3.05, 3.63) is 32.8 Å². The molecule has 0 saturated carbocycles. The maximum absolute atomic E-state index is 10.8. The van der Waals surface area contributed by atoms with Crippen LogP contribution in [0.1, 0.15) is 5.56 Å². The molecule has 7 nitrogen and oxygen atoms in total. The first-order chi connectivity index (χ1) is 8.70. The van der Waals surface area contributed by atoms with Crippen LogP contribution in [0.15, 0.2) is 12.1 Å². The highest BCUT2D eigenvalue weighted by atomic mass is 35.5. The van der Waals surface area contributed by atoms with Crippen LogP contribution in [-0.2, 0) is 10.0 Å². The monoisotopic (exact) mass is 307 g/mol. The van der Waals surface area contributed by atoms with Crippen molar-refractivity contribution in [3.8, 4) is 0 Å². The number of aryl methyl sites for hydroxylation is 1. The quantitative estimate of drug-likeness (QED) is 0.471. The van der Waals surface area contributed by atoms with Gasteiger partial charge < -0.3 is 5.32 Å². The zero-order valence-electron chi connectivity index (χ0n) is 10.4. The normalized spacial score (nSPS) is 11.3. The topological polar surface area (TPSA) is 101 Å². The zero-order chi connectivity index (χ0) is 14.6. The van der Waals surface area contributed by atoms with Crippen molar-refractivity contribution >= 4 is 33.0 Å². The van der Waals surface area contributed by atoms with Crippen LogP contribution in [0.3, 0.4) is 0 Å². The summed E-state index contributed by atoms with van der Waals surface area (Å²) in [6.45, 7) is 2.27. The number of nitrogens with one attached hydrogen (secondary N) is 2. The molecule has 9 heteroatoms. The minimum absolute atomic E-state index is 0.0363. The van der Waals surface area contributed by atoms with Crippen LogP contribution in [0, 0.1) is 17.0 Å². The Kier molecular flexibility index (Phi) is 5.10. The molecule has 0 fully saturated rings. The summed E-state index contributed by atoms with van der Waals surface area (Å²) in [6.07, 6.45) is 1.07. The van der Waals surface area contributed by atoms with Crippen molar-refractivity contribution in [2.75, 3.05) is 24.7 Å². The van der Waals surface area contributed by atoms with E-state index in [-0.39, 0.29) is 17.3 Å². The SMILES string of the molecule is Cc1cc([N+](=O)[O-])c(Cl)cc1NCCNS(C)(=O)=O. The summed E-state index contributed by atoms with van der Waals surface area (Å²) >= 11 is 5.79. The molecule has 106 valence electrons. The molecule has 0 radical (unpaired) electrons. The molecule has 2 N–H and O–H groups in total. The number of nitro benzene ring substituents is 1. The van der Waals surface area contributed by atoms with Gasteiger partial charge in [-0.2, -0.15) is 0 Å². The Morgan fingerprint density at radius 3 is 2.53 bits per heavy atom. The van der Waals surface area contributed by atoms with Crippen LogP contribution >= 0.6 is 11.6 Å². The van der Waals surface area contributed by atoms with E-state index in [9.17, 15) is 18.5 Å². The Morgan fingerprint density at radius 1 is 1.37 bits per heavy atom. The molecular formula is C10H14ClN3O4S. The van der Waals surface area contributed by atoms with Crippen molar-refractivity contribution in [1.29, 1.82) is 0 Å². The summed E-state index contributed by atoms with van der Waals surface area (Å²) in [6, 6.07) is 2.82. The van der Waals surface area contributed by atoms with Crippen LogP contribution in [0.5, 0.6) is 0 Å². The minimum atomic E-state index is -3.22. The van der Waals surface area contributed by atoms with E-state index in [0.717, 1.165) is 6.26 Å². The number of benzene rings is 1. The molecule has 0 spiro atoms. The number of hydrogen-bond acceptors (Lipinski definition) is 5. The predicted molar refractivity (Wildman–Crippen MR) is 74.2 cm³/mol. The molecule has 0 heterocycles. The second-order valence-corrected chi connectivity index (χ2v) is 6.21. The average molecular weight is 308 g/mol. The van der Waals surface area contributed by atoms with Gasteiger partial charge in [-0.05, 0) is 18.6 Å². The molecule has 0 aliphatic carbocycles. The molecule has 0 saturated heterocycles. The molecule has 1 aromatic carbocycles. The van der Waals surface area contributed by atoms with Crippen LogP contribution in [0.25, 0.3) is 0 Å². The fourth-order valence-corrected chi connectivity index (χ4v) is 2.14. The molecule has 1 rings (SSSR count). The van der Waals surface area contributed by atoms with Crippen molar-refractivity contribution < 1.29 is 13.3 Å². The summed E-state index contributed by atoms with van der Waals surface area (Å²) in [4.78, 5) is 10.1. The van der Waals surface area contributed by atoms with Gasteiger partial charge in [0.2, 0.25) is 10.0 Å². The fraction of sp³-hybridized carbons (Fsp3) is 0.400.